The molecule has 1 aromatic heterocycles. The summed E-state index contributed by atoms with van der Waals surface area (Å²) < 4.78 is 12.6. The molecule has 2 aromatic carbocycles. The standard InChI is InChI=1S/C29H33ClIN5O5/c1-29(2,3)41-28(39)32-19-11-9-15-35(17-19)27-34-24(31)23(36(27)16-18-10-5-7-13-21(18)30)25(37)33-22-14-8-6-12-20(22)26(38)40-4/h5-8,10,12-14,19H,9,11,15-17H2,1-4H3,(H,32,39)(H,33,37)/t19-/m1/s1. The van der Waals surface area contributed by atoms with Gasteiger partial charge in [0.25, 0.3) is 5.91 Å². The summed E-state index contributed by atoms with van der Waals surface area (Å²) in [7, 11) is 1.29. The van der Waals surface area contributed by atoms with Gasteiger partial charge in [-0.05, 0) is 80.0 Å². The van der Waals surface area contributed by atoms with Gasteiger partial charge < -0.3 is 29.6 Å². The van der Waals surface area contributed by atoms with E-state index in [1.54, 1.807) is 30.3 Å². The number of halogens is 2. The molecule has 3 aromatic rings. The minimum absolute atomic E-state index is 0.161. The fourth-order valence-electron chi connectivity index (χ4n) is 4.63. The van der Waals surface area contributed by atoms with Gasteiger partial charge in [-0.1, -0.05) is 41.9 Å². The van der Waals surface area contributed by atoms with E-state index in [-0.39, 0.29) is 18.2 Å². The van der Waals surface area contributed by atoms with Gasteiger partial charge in [0.1, 0.15) is 15.0 Å². The number of ether oxygens (including phenoxy) is 2. The topological polar surface area (TPSA) is 115 Å². The van der Waals surface area contributed by atoms with Gasteiger partial charge in [-0.2, -0.15) is 0 Å². The van der Waals surface area contributed by atoms with Crippen molar-refractivity contribution in [3.8, 4) is 0 Å². The van der Waals surface area contributed by atoms with Crippen LogP contribution in [-0.4, -0.2) is 59.4 Å². The van der Waals surface area contributed by atoms with Crippen molar-refractivity contribution in [3.05, 3.63) is 74.1 Å². The van der Waals surface area contributed by atoms with Crippen LogP contribution >= 0.6 is 34.2 Å². The molecule has 0 aliphatic carbocycles. The molecule has 0 bridgehead atoms. The Morgan fingerprint density at radius 1 is 1.12 bits per heavy atom. The molecule has 1 aliphatic heterocycles. The summed E-state index contributed by atoms with van der Waals surface area (Å²) in [4.78, 5) is 45.4. The van der Waals surface area contributed by atoms with Crippen LogP contribution in [0.3, 0.4) is 0 Å². The third kappa shape index (κ3) is 7.70. The Hall–Kier alpha value is -3.32. The van der Waals surface area contributed by atoms with Crippen LogP contribution in [0, 0.1) is 3.70 Å². The first-order valence-electron chi connectivity index (χ1n) is 13.2. The number of anilines is 2. The minimum atomic E-state index is -0.603. The molecule has 1 aliphatic rings. The van der Waals surface area contributed by atoms with E-state index >= 15 is 0 Å². The first kappa shape index (κ1) is 30.6. The third-order valence-corrected chi connectivity index (χ3v) is 7.53. The number of hydrogen-bond acceptors (Lipinski definition) is 7. The number of para-hydroxylation sites is 1. The molecule has 41 heavy (non-hydrogen) atoms. The number of hydrogen-bond donors (Lipinski definition) is 2. The number of amides is 2. The molecular formula is C29H33ClIN5O5. The monoisotopic (exact) mass is 693 g/mol. The first-order chi connectivity index (χ1) is 19.5. The Morgan fingerprint density at radius 3 is 2.54 bits per heavy atom. The van der Waals surface area contributed by atoms with Gasteiger partial charge in [0.2, 0.25) is 5.95 Å². The number of esters is 1. The maximum absolute atomic E-state index is 13.8. The summed E-state index contributed by atoms with van der Waals surface area (Å²) in [5, 5.41) is 6.40. The number of nitrogens with zero attached hydrogens (tertiary/aromatic N) is 3. The zero-order valence-electron chi connectivity index (χ0n) is 23.4. The highest BCUT2D eigenvalue weighted by molar-refractivity contribution is 14.1. The average Bonchev–Trinajstić information content (AvgIpc) is 3.24. The van der Waals surface area contributed by atoms with Crippen LogP contribution in [0.15, 0.2) is 48.5 Å². The van der Waals surface area contributed by atoms with Crippen LogP contribution in [0.4, 0.5) is 16.4 Å². The molecule has 1 atom stereocenters. The fraction of sp³-hybridized carbons (Fsp3) is 0.379. The van der Waals surface area contributed by atoms with Gasteiger partial charge in [0.15, 0.2) is 0 Å². The molecule has 2 N–H and O–H groups in total. The third-order valence-electron chi connectivity index (χ3n) is 6.41. The van der Waals surface area contributed by atoms with E-state index in [4.69, 9.17) is 26.1 Å². The predicted molar refractivity (Wildman–Crippen MR) is 166 cm³/mol. The Kier molecular flexibility index (Phi) is 9.80. The second kappa shape index (κ2) is 13.1. The lowest BCUT2D eigenvalue weighted by atomic mass is 10.1. The minimum Gasteiger partial charge on any atom is -0.465 e. The lowest BCUT2D eigenvalue weighted by Gasteiger charge is -2.34. The Labute approximate surface area is 257 Å². The van der Waals surface area contributed by atoms with E-state index in [1.807, 2.05) is 66.1 Å². The Morgan fingerprint density at radius 2 is 1.83 bits per heavy atom. The van der Waals surface area contributed by atoms with E-state index in [1.165, 1.54) is 7.11 Å². The second-order valence-corrected chi connectivity index (χ2v) is 12.1. The van der Waals surface area contributed by atoms with Crippen LogP contribution < -0.4 is 15.5 Å². The summed E-state index contributed by atoms with van der Waals surface area (Å²) in [6.07, 6.45) is 1.13. The van der Waals surface area contributed by atoms with Crippen molar-refractivity contribution in [1.29, 1.82) is 0 Å². The fourth-order valence-corrected chi connectivity index (χ4v) is 5.58. The second-order valence-electron chi connectivity index (χ2n) is 10.7. The highest BCUT2D eigenvalue weighted by atomic mass is 127. The summed E-state index contributed by atoms with van der Waals surface area (Å²) >= 11 is 8.57. The maximum atomic E-state index is 13.8. The summed E-state index contributed by atoms with van der Waals surface area (Å²) in [6.45, 7) is 6.93. The molecule has 2 heterocycles. The van der Waals surface area contributed by atoms with Gasteiger partial charge in [0, 0.05) is 24.2 Å². The van der Waals surface area contributed by atoms with Crippen LogP contribution in [0.2, 0.25) is 5.02 Å². The van der Waals surface area contributed by atoms with E-state index in [2.05, 4.69) is 15.5 Å². The normalized spacial score (nSPS) is 15.3. The molecule has 1 saturated heterocycles. The van der Waals surface area contributed by atoms with Gasteiger partial charge in [-0.3, -0.25) is 4.79 Å². The zero-order chi connectivity index (χ0) is 29.7. The maximum Gasteiger partial charge on any atom is 0.407 e. The number of piperidine rings is 1. The highest BCUT2D eigenvalue weighted by Crippen LogP contribution is 2.29. The molecule has 0 spiro atoms. The van der Waals surface area contributed by atoms with Crippen LogP contribution in [0.5, 0.6) is 0 Å². The van der Waals surface area contributed by atoms with E-state index in [0.29, 0.717) is 39.1 Å². The van der Waals surface area contributed by atoms with Crippen molar-refractivity contribution in [2.24, 2.45) is 0 Å². The molecule has 0 saturated carbocycles. The number of nitrogens with one attached hydrogen (secondary N) is 2. The van der Waals surface area contributed by atoms with Crippen LogP contribution in [-0.2, 0) is 16.0 Å². The van der Waals surface area contributed by atoms with E-state index < -0.39 is 23.6 Å². The number of aromatic nitrogens is 2. The quantitative estimate of drug-likeness (QED) is 0.240. The predicted octanol–water partition coefficient (Wildman–Crippen LogP) is 5.72. The van der Waals surface area contributed by atoms with Crippen molar-refractivity contribution < 1.29 is 23.9 Å². The number of methoxy groups -OCH3 is 1. The van der Waals surface area contributed by atoms with Gasteiger partial charge >= 0.3 is 12.1 Å². The largest absolute Gasteiger partial charge is 0.465 e. The molecular weight excluding hydrogens is 661 g/mol. The molecule has 10 nitrogen and oxygen atoms in total. The van der Waals surface area contributed by atoms with Crippen LogP contribution in [0.25, 0.3) is 0 Å². The number of carbonyl (C=O) groups excluding carboxylic acids is 3. The van der Waals surface area contributed by atoms with Crippen molar-refractivity contribution in [3.63, 3.8) is 0 Å². The highest BCUT2D eigenvalue weighted by Gasteiger charge is 2.30. The van der Waals surface area contributed by atoms with E-state index in [0.717, 1.165) is 18.4 Å². The number of imidazole rings is 1. The molecule has 1 fully saturated rings. The lowest BCUT2D eigenvalue weighted by Crippen LogP contribution is -2.49. The molecule has 12 heteroatoms. The molecule has 2 amide bonds. The van der Waals surface area contributed by atoms with Gasteiger partial charge in [-0.25, -0.2) is 14.6 Å². The van der Waals surface area contributed by atoms with Crippen molar-refractivity contribution >= 4 is 63.8 Å². The Bertz CT molecular complexity index is 1440. The smallest absolute Gasteiger partial charge is 0.407 e. The van der Waals surface area contributed by atoms with E-state index in [9.17, 15) is 14.4 Å². The molecule has 0 radical (unpaired) electrons. The van der Waals surface area contributed by atoms with Crippen LogP contribution in [0.1, 0.15) is 60.0 Å². The molecule has 0 unspecified atom stereocenters. The van der Waals surface area contributed by atoms with Gasteiger partial charge in [-0.15, -0.1) is 0 Å². The van der Waals surface area contributed by atoms with Gasteiger partial charge in [0.05, 0.1) is 24.9 Å². The van der Waals surface area contributed by atoms with Crippen molar-refractivity contribution in [2.75, 3.05) is 30.4 Å². The number of benzene rings is 2. The zero-order valence-corrected chi connectivity index (χ0v) is 26.3. The number of alkyl carbamates (subject to hydrolysis) is 1. The number of carbonyl (C=O) groups is 3. The SMILES string of the molecule is COC(=O)c1ccccc1NC(=O)c1c(I)nc(N2CCC[C@@H](NC(=O)OC(C)(C)C)C2)n1Cc1ccccc1Cl. The summed E-state index contributed by atoms with van der Waals surface area (Å²) in [5.74, 6) is -0.411. The summed E-state index contributed by atoms with van der Waals surface area (Å²) in [5.41, 5.74) is 1.10. The number of rotatable bonds is 7. The van der Waals surface area contributed by atoms with Crippen molar-refractivity contribution in [2.45, 2.75) is 51.8 Å². The molecule has 4 rings (SSSR count). The lowest BCUT2D eigenvalue weighted by molar-refractivity contribution is 0.0498. The van der Waals surface area contributed by atoms with Crippen molar-refractivity contribution in [1.82, 2.24) is 14.9 Å². The summed E-state index contributed by atoms with van der Waals surface area (Å²) in [6, 6.07) is 13.9. The Balaban J connectivity index is 1.68. The molecule has 218 valence electrons. The average molecular weight is 694 g/mol. The first-order valence-corrected chi connectivity index (χ1v) is 14.6.